The molecule has 0 aliphatic heterocycles. The molecule has 0 aliphatic carbocycles. The van der Waals surface area contributed by atoms with Crippen molar-refractivity contribution in [3.05, 3.63) is 38.3 Å². The summed E-state index contributed by atoms with van der Waals surface area (Å²) in [6.45, 7) is 2.93. The number of hydrogen-bond donors (Lipinski definition) is 2. The zero-order valence-corrected chi connectivity index (χ0v) is 11.8. The quantitative estimate of drug-likeness (QED) is 0.460. The van der Waals surface area contributed by atoms with Gasteiger partial charge in [0.15, 0.2) is 0 Å². The lowest BCUT2D eigenvalue weighted by Gasteiger charge is -2.07. The fourth-order valence-electron chi connectivity index (χ4n) is 1.62. The van der Waals surface area contributed by atoms with Gasteiger partial charge in [0.1, 0.15) is 0 Å². The van der Waals surface area contributed by atoms with Crippen LogP contribution in [-0.4, -0.2) is 22.7 Å². The average Bonchev–Trinajstić information content (AvgIpc) is 2.27. The highest BCUT2D eigenvalue weighted by molar-refractivity contribution is 9.10. The fourth-order valence-corrected chi connectivity index (χ4v) is 2.03. The molecule has 1 aromatic carbocycles. The number of nitrogens with one attached hydrogen (secondary N) is 1. The first kappa shape index (κ1) is 15.1. The number of nitrogens with zero attached hydrogens (tertiary/aromatic N) is 1. The summed E-state index contributed by atoms with van der Waals surface area (Å²) >= 11 is 3.30. The van der Waals surface area contributed by atoms with E-state index < -0.39 is 0 Å². The smallest absolute Gasteiger partial charge is 0.273 e. The summed E-state index contributed by atoms with van der Waals surface area (Å²) < 4.78 is 0.828. The molecule has 0 spiro atoms. The molecule has 0 fully saturated rings. The molecule has 1 rings (SSSR count). The molecule has 18 heavy (non-hydrogen) atoms. The molecule has 1 unspecified atom stereocenters. The van der Waals surface area contributed by atoms with Crippen molar-refractivity contribution in [2.75, 3.05) is 6.54 Å². The summed E-state index contributed by atoms with van der Waals surface area (Å²) in [5, 5.41) is 23.1. The number of aliphatic hydroxyl groups is 1. The number of halogens is 1. The monoisotopic (exact) mass is 316 g/mol. The van der Waals surface area contributed by atoms with Gasteiger partial charge < -0.3 is 10.4 Å². The largest absolute Gasteiger partial charge is 0.393 e. The number of nitro groups is 1. The minimum Gasteiger partial charge on any atom is -0.393 e. The predicted molar refractivity (Wildman–Crippen MR) is 73.4 cm³/mol. The Balaban J connectivity index is 2.50. The molecule has 0 saturated heterocycles. The SMILES string of the molecule is CC(O)CCCNCc1cc(Br)ccc1[N+](=O)[O-]. The van der Waals surface area contributed by atoms with Crippen LogP contribution in [0.1, 0.15) is 25.3 Å². The van der Waals surface area contributed by atoms with E-state index in [4.69, 9.17) is 5.11 Å². The van der Waals surface area contributed by atoms with Crippen LogP contribution in [0.3, 0.4) is 0 Å². The zero-order valence-electron chi connectivity index (χ0n) is 10.2. The van der Waals surface area contributed by atoms with E-state index in [1.165, 1.54) is 6.07 Å². The van der Waals surface area contributed by atoms with Crippen molar-refractivity contribution >= 4 is 21.6 Å². The third-order valence-electron chi connectivity index (χ3n) is 2.53. The van der Waals surface area contributed by atoms with Crippen LogP contribution in [0.2, 0.25) is 0 Å². The van der Waals surface area contributed by atoms with Crippen LogP contribution in [-0.2, 0) is 6.54 Å². The van der Waals surface area contributed by atoms with Crippen molar-refractivity contribution in [2.45, 2.75) is 32.4 Å². The molecule has 0 aliphatic rings. The van der Waals surface area contributed by atoms with E-state index in [9.17, 15) is 10.1 Å². The van der Waals surface area contributed by atoms with Crippen molar-refractivity contribution in [3.63, 3.8) is 0 Å². The molecule has 0 radical (unpaired) electrons. The first-order chi connectivity index (χ1) is 8.50. The van der Waals surface area contributed by atoms with Gasteiger partial charge in [0.05, 0.1) is 11.0 Å². The lowest BCUT2D eigenvalue weighted by molar-refractivity contribution is -0.385. The van der Waals surface area contributed by atoms with Crippen LogP contribution in [0.25, 0.3) is 0 Å². The topological polar surface area (TPSA) is 75.4 Å². The van der Waals surface area contributed by atoms with Gasteiger partial charge in [0, 0.05) is 22.6 Å². The maximum Gasteiger partial charge on any atom is 0.273 e. The Kier molecular flexibility index (Phi) is 6.24. The van der Waals surface area contributed by atoms with Crippen molar-refractivity contribution in [1.29, 1.82) is 0 Å². The maximum absolute atomic E-state index is 10.8. The summed E-state index contributed by atoms with van der Waals surface area (Å²) in [6.07, 6.45) is 1.28. The highest BCUT2D eigenvalue weighted by Crippen LogP contribution is 2.22. The van der Waals surface area contributed by atoms with E-state index in [2.05, 4.69) is 21.2 Å². The Bertz CT molecular complexity index is 410. The van der Waals surface area contributed by atoms with Crippen molar-refractivity contribution in [1.82, 2.24) is 5.32 Å². The summed E-state index contributed by atoms with van der Waals surface area (Å²) in [6, 6.07) is 4.91. The summed E-state index contributed by atoms with van der Waals surface area (Å²) in [7, 11) is 0. The molecule has 0 bridgehead atoms. The highest BCUT2D eigenvalue weighted by atomic mass is 79.9. The first-order valence-electron chi connectivity index (χ1n) is 5.82. The van der Waals surface area contributed by atoms with E-state index >= 15 is 0 Å². The Morgan fingerprint density at radius 1 is 1.56 bits per heavy atom. The Hall–Kier alpha value is -0.980. The van der Waals surface area contributed by atoms with Gasteiger partial charge >= 0.3 is 0 Å². The summed E-state index contributed by atoms with van der Waals surface area (Å²) in [4.78, 5) is 10.5. The molecule has 0 saturated carbocycles. The van der Waals surface area contributed by atoms with E-state index in [1.807, 2.05) is 0 Å². The zero-order chi connectivity index (χ0) is 13.5. The standard InChI is InChI=1S/C12H17BrN2O3/c1-9(16)3-2-6-14-8-10-7-11(13)4-5-12(10)15(17)18/h4-5,7,9,14,16H,2-3,6,8H2,1H3. The third kappa shape index (κ3) is 5.12. The Morgan fingerprint density at radius 2 is 2.28 bits per heavy atom. The van der Waals surface area contributed by atoms with Gasteiger partial charge in [0.2, 0.25) is 0 Å². The molecule has 100 valence electrons. The normalized spacial score (nSPS) is 12.4. The first-order valence-corrected chi connectivity index (χ1v) is 6.61. The second-order valence-corrected chi connectivity index (χ2v) is 5.11. The molecular formula is C12H17BrN2O3. The van der Waals surface area contributed by atoms with E-state index in [-0.39, 0.29) is 16.7 Å². The molecule has 0 amide bonds. The Labute approximate surface area is 114 Å². The molecule has 0 heterocycles. The van der Waals surface area contributed by atoms with Gasteiger partial charge in [-0.25, -0.2) is 0 Å². The van der Waals surface area contributed by atoms with E-state index in [0.29, 0.717) is 12.1 Å². The lowest BCUT2D eigenvalue weighted by Crippen LogP contribution is -2.17. The minimum atomic E-state index is -0.376. The summed E-state index contributed by atoms with van der Waals surface area (Å²) in [5.41, 5.74) is 0.785. The average molecular weight is 317 g/mol. The van der Waals surface area contributed by atoms with Crippen molar-refractivity contribution < 1.29 is 10.0 Å². The number of nitro benzene ring substituents is 1. The molecule has 0 aromatic heterocycles. The fraction of sp³-hybridized carbons (Fsp3) is 0.500. The molecule has 1 aromatic rings. The molecule has 5 nitrogen and oxygen atoms in total. The van der Waals surface area contributed by atoms with Crippen LogP contribution in [0.5, 0.6) is 0 Å². The van der Waals surface area contributed by atoms with Crippen molar-refractivity contribution in [2.24, 2.45) is 0 Å². The highest BCUT2D eigenvalue weighted by Gasteiger charge is 2.12. The molecule has 2 N–H and O–H groups in total. The minimum absolute atomic E-state index is 0.126. The lowest BCUT2D eigenvalue weighted by atomic mass is 10.1. The summed E-state index contributed by atoms with van der Waals surface area (Å²) in [5.74, 6) is 0. The maximum atomic E-state index is 10.8. The van der Waals surface area contributed by atoms with Gasteiger partial charge in [-0.1, -0.05) is 15.9 Å². The van der Waals surface area contributed by atoms with E-state index in [1.54, 1.807) is 19.1 Å². The van der Waals surface area contributed by atoms with Gasteiger partial charge in [-0.3, -0.25) is 10.1 Å². The molecule has 1 atom stereocenters. The second kappa shape index (κ2) is 7.45. The predicted octanol–water partition coefficient (Wildman–Crippen LogP) is 2.61. The Morgan fingerprint density at radius 3 is 2.89 bits per heavy atom. The van der Waals surface area contributed by atoms with Crippen molar-refractivity contribution in [3.8, 4) is 0 Å². The number of aliphatic hydroxyl groups excluding tert-OH is 1. The van der Waals surface area contributed by atoms with Gasteiger partial charge in [0.25, 0.3) is 5.69 Å². The van der Waals surface area contributed by atoms with Crippen LogP contribution >= 0.6 is 15.9 Å². The number of rotatable bonds is 7. The molecule has 6 heteroatoms. The van der Waals surface area contributed by atoms with Gasteiger partial charge in [-0.2, -0.15) is 0 Å². The molecular weight excluding hydrogens is 300 g/mol. The van der Waals surface area contributed by atoms with Crippen LogP contribution < -0.4 is 5.32 Å². The second-order valence-electron chi connectivity index (χ2n) is 4.20. The van der Waals surface area contributed by atoms with E-state index in [0.717, 1.165) is 23.9 Å². The van der Waals surface area contributed by atoms with Crippen LogP contribution in [0, 0.1) is 10.1 Å². The number of benzene rings is 1. The third-order valence-corrected chi connectivity index (χ3v) is 3.02. The van der Waals surface area contributed by atoms with Gasteiger partial charge in [-0.15, -0.1) is 0 Å². The van der Waals surface area contributed by atoms with Crippen LogP contribution in [0.4, 0.5) is 5.69 Å². The van der Waals surface area contributed by atoms with Crippen LogP contribution in [0.15, 0.2) is 22.7 Å². The van der Waals surface area contributed by atoms with Gasteiger partial charge in [-0.05, 0) is 38.4 Å². The number of hydrogen-bond acceptors (Lipinski definition) is 4.